The fourth-order valence-corrected chi connectivity index (χ4v) is 5.74. The minimum absolute atomic E-state index is 0.0192. The van der Waals surface area contributed by atoms with Gasteiger partial charge in [0.1, 0.15) is 23.9 Å². The highest BCUT2D eigenvalue weighted by atomic mass is 16.5. The van der Waals surface area contributed by atoms with E-state index < -0.39 is 5.97 Å². The van der Waals surface area contributed by atoms with Gasteiger partial charge in [0.25, 0.3) is 5.91 Å². The Balaban J connectivity index is 1.17. The molecule has 2 aromatic heterocycles. The van der Waals surface area contributed by atoms with Crippen LogP contribution in [0, 0.1) is 0 Å². The van der Waals surface area contributed by atoms with E-state index in [0.717, 1.165) is 53.3 Å². The van der Waals surface area contributed by atoms with E-state index in [-0.39, 0.29) is 12.0 Å². The molecule has 1 saturated carbocycles. The molecule has 1 saturated heterocycles. The first-order valence-corrected chi connectivity index (χ1v) is 13.6. The molecular formula is C31H31N3O5. The maximum absolute atomic E-state index is 13.4. The molecule has 6 rings (SSSR count). The largest absolute Gasteiger partial charge is 0.489 e. The van der Waals surface area contributed by atoms with Crippen molar-refractivity contribution in [3.05, 3.63) is 78.3 Å². The predicted molar refractivity (Wildman–Crippen MR) is 148 cm³/mol. The molecule has 8 nitrogen and oxygen atoms in total. The van der Waals surface area contributed by atoms with Crippen molar-refractivity contribution in [1.82, 2.24) is 14.5 Å². The van der Waals surface area contributed by atoms with Crippen LogP contribution in [0.3, 0.4) is 0 Å². The minimum atomic E-state index is -0.985. The van der Waals surface area contributed by atoms with E-state index in [0.29, 0.717) is 30.4 Å². The number of nitrogens with zero attached hydrogens (tertiary/aromatic N) is 3. The predicted octanol–water partition coefficient (Wildman–Crippen LogP) is 6.19. The fraction of sp³-hybridized carbons (Fsp3) is 0.323. The summed E-state index contributed by atoms with van der Waals surface area (Å²) >= 11 is 0. The molecule has 1 aliphatic heterocycles. The molecule has 8 heteroatoms. The van der Waals surface area contributed by atoms with Crippen LogP contribution in [0.2, 0.25) is 0 Å². The zero-order valence-electron chi connectivity index (χ0n) is 21.7. The third-order valence-corrected chi connectivity index (χ3v) is 7.69. The third-order valence-electron chi connectivity index (χ3n) is 7.69. The first-order chi connectivity index (χ1) is 19.0. The molecule has 39 heavy (non-hydrogen) atoms. The lowest BCUT2D eigenvalue weighted by Gasteiger charge is -2.25. The summed E-state index contributed by atoms with van der Waals surface area (Å²) in [6.45, 7) is 1.13. The Morgan fingerprint density at radius 2 is 1.85 bits per heavy atom. The smallest absolute Gasteiger partial charge is 0.328 e. The van der Waals surface area contributed by atoms with Gasteiger partial charge in [0, 0.05) is 30.6 Å². The van der Waals surface area contributed by atoms with Crippen LogP contribution in [-0.2, 0) is 4.79 Å². The molecule has 4 aromatic rings. The SMILES string of the molecule is O=C(O)C=Cc1ccc(O[C@H]2CCN(C(=O)c3ccc4c(c3)nc(-c3ccoc3)n4C3CCCCC3)C2)cc1. The zero-order chi connectivity index (χ0) is 26.8. The van der Waals surface area contributed by atoms with Crippen molar-refractivity contribution in [1.29, 1.82) is 0 Å². The number of benzene rings is 2. The van der Waals surface area contributed by atoms with Crippen molar-refractivity contribution in [3.63, 3.8) is 0 Å². The van der Waals surface area contributed by atoms with E-state index in [4.69, 9.17) is 19.2 Å². The fourth-order valence-electron chi connectivity index (χ4n) is 5.74. The molecule has 0 unspecified atom stereocenters. The second-order valence-corrected chi connectivity index (χ2v) is 10.3. The molecule has 0 bridgehead atoms. The third kappa shape index (κ3) is 5.32. The van der Waals surface area contributed by atoms with Crippen LogP contribution < -0.4 is 4.74 Å². The monoisotopic (exact) mass is 525 g/mol. The highest BCUT2D eigenvalue weighted by Crippen LogP contribution is 2.36. The number of aromatic nitrogens is 2. The number of furan rings is 1. The normalized spacial score (nSPS) is 18.3. The van der Waals surface area contributed by atoms with Crippen LogP contribution in [-0.4, -0.2) is 50.6 Å². The summed E-state index contributed by atoms with van der Waals surface area (Å²) in [7, 11) is 0. The number of ether oxygens (including phenoxy) is 1. The number of fused-ring (bicyclic) bond motifs is 1. The van der Waals surface area contributed by atoms with Crippen LogP contribution in [0.25, 0.3) is 28.5 Å². The number of hydrogen-bond donors (Lipinski definition) is 1. The van der Waals surface area contributed by atoms with Crippen molar-refractivity contribution >= 4 is 29.0 Å². The number of hydrogen-bond acceptors (Lipinski definition) is 5. The van der Waals surface area contributed by atoms with Crippen LogP contribution in [0.1, 0.15) is 60.5 Å². The number of rotatable bonds is 7. The van der Waals surface area contributed by atoms with Crippen molar-refractivity contribution in [3.8, 4) is 17.1 Å². The molecule has 200 valence electrons. The summed E-state index contributed by atoms with van der Waals surface area (Å²) in [4.78, 5) is 31.0. The molecule has 0 radical (unpaired) electrons. The van der Waals surface area contributed by atoms with Gasteiger partial charge in [0.2, 0.25) is 0 Å². The summed E-state index contributed by atoms with van der Waals surface area (Å²) in [5, 5.41) is 8.78. The lowest BCUT2D eigenvalue weighted by Crippen LogP contribution is -2.30. The van der Waals surface area contributed by atoms with Gasteiger partial charge in [-0.2, -0.15) is 0 Å². The molecule has 1 aliphatic carbocycles. The number of amides is 1. The molecule has 1 amide bonds. The Morgan fingerprint density at radius 1 is 1.03 bits per heavy atom. The standard InChI is InChI=1S/C31H31N3O5/c35-29(36)13-8-21-6-10-25(11-7-21)39-26-14-16-33(19-26)31(37)22-9-12-28-27(18-22)32-30(23-15-17-38-20-23)34(28)24-4-2-1-3-5-24/h6-13,15,17-18,20,24,26H,1-5,14,16,19H2,(H,35,36)/t26-/m0/s1. The van der Waals surface area contributed by atoms with Crippen LogP contribution in [0.5, 0.6) is 5.75 Å². The van der Waals surface area contributed by atoms with E-state index >= 15 is 0 Å². The van der Waals surface area contributed by atoms with Gasteiger partial charge in [0.15, 0.2) is 0 Å². The summed E-state index contributed by atoms with van der Waals surface area (Å²) in [5.74, 6) is 0.591. The van der Waals surface area contributed by atoms with E-state index in [1.54, 1.807) is 12.5 Å². The maximum atomic E-state index is 13.4. The van der Waals surface area contributed by atoms with E-state index in [1.807, 2.05) is 53.4 Å². The molecule has 2 aromatic carbocycles. The second-order valence-electron chi connectivity index (χ2n) is 10.3. The molecule has 2 fully saturated rings. The van der Waals surface area contributed by atoms with Gasteiger partial charge in [-0.25, -0.2) is 9.78 Å². The van der Waals surface area contributed by atoms with Gasteiger partial charge in [-0.1, -0.05) is 31.4 Å². The number of carbonyl (C=O) groups is 2. The summed E-state index contributed by atoms with van der Waals surface area (Å²) in [6.07, 6.45) is 12.7. The Bertz CT molecular complexity index is 1500. The number of carbonyl (C=O) groups excluding carboxylic acids is 1. The molecule has 0 spiro atoms. The minimum Gasteiger partial charge on any atom is -0.489 e. The first-order valence-electron chi connectivity index (χ1n) is 13.6. The molecule has 3 heterocycles. The van der Waals surface area contributed by atoms with Crippen molar-refractivity contribution in [2.45, 2.75) is 50.7 Å². The quantitative estimate of drug-likeness (QED) is 0.289. The lowest BCUT2D eigenvalue weighted by atomic mass is 9.95. The summed E-state index contributed by atoms with van der Waals surface area (Å²) in [6, 6.07) is 15.5. The summed E-state index contributed by atoms with van der Waals surface area (Å²) < 4.78 is 13.8. The van der Waals surface area contributed by atoms with E-state index in [9.17, 15) is 9.59 Å². The van der Waals surface area contributed by atoms with Gasteiger partial charge in [0.05, 0.1) is 29.4 Å². The van der Waals surface area contributed by atoms with Gasteiger partial charge in [-0.05, 0) is 60.9 Å². The topological polar surface area (TPSA) is 97.8 Å². The highest BCUT2D eigenvalue weighted by molar-refractivity contribution is 5.98. The Labute approximate surface area is 226 Å². The van der Waals surface area contributed by atoms with Crippen LogP contribution >= 0.6 is 0 Å². The lowest BCUT2D eigenvalue weighted by molar-refractivity contribution is -0.131. The number of imidazole rings is 1. The maximum Gasteiger partial charge on any atom is 0.328 e. The van der Waals surface area contributed by atoms with Gasteiger partial charge in [-0.15, -0.1) is 0 Å². The Kier molecular flexibility index (Phi) is 6.92. The van der Waals surface area contributed by atoms with E-state index in [1.165, 1.54) is 25.3 Å². The Hall–Kier alpha value is -4.33. The molecule has 1 atom stereocenters. The highest BCUT2D eigenvalue weighted by Gasteiger charge is 2.29. The summed E-state index contributed by atoms with van der Waals surface area (Å²) in [5.41, 5.74) is 4.25. The van der Waals surface area contributed by atoms with Crippen molar-refractivity contribution < 1.29 is 23.8 Å². The molecule has 1 N–H and O–H groups in total. The molecular weight excluding hydrogens is 494 g/mol. The number of carboxylic acids is 1. The zero-order valence-corrected chi connectivity index (χ0v) is 21.7. The second kappa shape index (κ2) is 10.8. The number of carboxylic acid groups (broad SMARTS) is 1. The average Bonchev–Trinajstić information content (AvgIpc) is 3.72. The Morgan fingerprint density at radius 3 is 2.59 bits per heavy atom. The number of likely N-dealkylation sites (tertiary alicyclic amines) is 1. The van der Waals surface area contributed by atoms with E-state index in [2.05, 4.69) is 4.57 Å². The van der Waals surface area contributed by atoms with Gasteiger partial charge in [-0.3, -0.25) is 4.79 Å². The first kappa shape index (κ1) is 25.0. The average molecular weight is 526 g/mol. The van der Waals surface area contributed by atoms with Crippen molar-refractivity contribution in [2.24, 2.45) is 0 Å². The van der Waals surface area contributed by atoms with Gasteiger partial charge < -0.3 is 23.7 Å². The number of aliphatic carboxylic acids is 1. The van der Waals surface area contributed by atoms with Gasteiger partial charge >= 0.3 is 5.97 Å². The van der Waals surface area contributed by atoms with Crippen LogP contribution in [0.15, 0.2) is 71.6 Å². The van der Waals surface area contributed by atoms with Crippen molar-refractivity contribution in [2.75, 3.05) is 13.1 Å². The molecule has 2 aliphatic rings. The van der Waals surface area contributed by atoms with Crippen LogP contribution in [0.4, 0.5) is 0 Å².